The van der Waals surface area contributed by atoms with E-state index in [4.69, 9.17) is 7.48 Å². The summed E-state index contributed by atoms with van der Waals surface area (Å²) < 4.78 is 65.2. The van der Waals surface area contributed by atoms with E-state index in [1.54, 1.807) is 13.0 Å². The van der Waals surface area contributed by atoms with Crippen LogP contribution in [0.4, 0.5) is 9.18 Å². The van der Waals surface area contributed by atoms with Crippen LogP contribution in [-0.4, -0.2) is 73.8 Å². The van der Waals surface area contributed by atoms with Crippen molar-refractivity contribution in [3.8, 4) is 0 Å². The molecule has 31 heavy (non-hydrogen) atoms. The summed E-state index contributed by atoms with van der Waals surface area (Å²) in [4.78, 5) is 13.1. The predicted molar refractivity (Wildman–Crippen MR) is 115 cm³/mol. The van der Waals surface area contributed by atoms with Crippen molar-refractivity contribution in [3.05, 3.63) is 35.6 Å². The Bertz CT molecular complexity index is 969. The molecular weight excluding hydrogens is 425 g/mol. The van der Waals surface area contributed by atoms with Crippen molar-refractivity contribution in [1.82, 2.24) is 13.9 Å². The minimum Gasteiger partial charge on any atom is -0.465 e. The molecule has 1 aliphatic heterocycles. The van der Waals surface area contributed by atoms with Gasteiger partial charge in [0.25, 0.3) is 10.2 Å². The summed E-state index contributed by atoms with van der Waals surface area (Å²) >= 11 is 0. The van der Waals surface area contributed by atoms with Crippen LogP contribution in [0.5, 0.6) is 0 Å². The van der Waals surface area contributed by atoms with Crippen molar-refractivity contribution < 1.29 is 30.2 Å². The Labute approximate surface area is 186 Å². The van der Waals surface area contributed by atoms with Crippen molar-refractivity contribution in [2.45, 2.75) is 69.1 Å². The normalized spacial score (nSPS) is 35.1. The zero-order valence-electron chi connectivity index (χ0n) is 20.0. The van der Waals surface area contributed by atoms with Crippen LogP contribution < -0.4 is 4.72 Å². The zero-order valence-corrected chi connectivity index (χ0v) is 18.8. The van der Waals surface area contributed by atoms with Crippen LogP contribution in [0.25, 0.3) is 0 Å². The SMILES string of the molecule is [2H][C@H]1C[C@@H](OC[C@H]2[C@@H](NS(=O)(=O)N(C)C)C[C@@H](C)N2C(=O)O)CC[C@]1([2H])c1cccc(F)c1. The highest BCUT2D eigenvalue weighted by atomic mass is 32.2. The van der Waals surface area contributed by atoms with E-state index < -0.39 is 52.5 Å². The number of carboxylic acid groups (broad SMARTS) is 1. The van der Waals surface area contributed by atoms with Crippen LogP contribution in [0.2, 0.25) is 0 Å². The van der Waals surface area contributed by atoms with Crippen LogP contribution in [0, 0.1) is 5.82 Å². The average molecular weight is 460 g/mol. The van der Waals surface area contributed by atoms with Gasteiger partial charge in [0.05, 0.1) is 18.8 Å². The minimum absolute atomic E-state index is 0.0282. The average Bonchev–Trinajstić information content (AvgIpc) is 3.03. The number of halogens is 1. The molecule has 1 aromatic rings. The van der Waals surface area contributed by atoms with E-state index >= 15 is 0 Å². The van der Waals surface area contributed by atoms with Gasteiger partial charge in [0.15, 0.2) is 0 Å². The Balaban J connectivity index is 1.68. The smallest absolute Gasteiger partial charge is 0.407 e. The third-order valence-corrected chi connectivity index (χ3v) is 7.52. The number of nitrogens with zero attached hydrogens (tertiary/aromatic N) is 2. The molecule has 0 bridgehead atoms. The molecule has 2 fully saturated rings. The Morgan fingerprint density at radius 2 is 2.16 bits per heavy atom. The number of benzene rings is 1. The molecule has 3 rings (SSSR count). The molecule has 174 valence electrons. The molecule has 1 aliphatic carbocycles. The summed E-state index contributed by atoms with van der Waals surface area (Å²) in [7, 11) is -0.982. The predicted octanol–water partition coefficient (Wildman–Crippen LogP) is 2.77. The van der Waals surface area contributed by atoms with E-state index in [0.717, 1.165) is 4.31 Å². The fourth-order valence-electron chi connectivity index (χ4n) is 4.26. The first-order valence-electron chi connectivity index (χ1n) is 11.4. The number of ether oxygens (including phenoxy) is 1. The summed E-state index contributed by atoms with van der Waals surface area (Å²) in [6, 6.07) is 4.02. The lowest BCUT2D eigenvalue weighted by Crippen LogP contribution is -2.52. The van der Waals surface area contributed by atoms with Gasteiger partial charge in [-0.05, 0) is 62.6 Å². The number of hydrogen-bond donors (Lipinski definition) is 2. The molecule has 0 spiro atoms. The van der Waals surface area contributed by atoms with Gasteiger partial charge in [-0.15, -0.1) is 0 Å². The maximum Gasteiger partial charge on any atom is 0.407 e. The highest BCUT2D eigenvalue weighted by Crippen LogP contribution is 2.35. The maximum absolute atomic E-state index is 13.7. The molecule has 0 aromatic heterocycles. The summed E-state index contributed by atoms with van der Waals surface area (Å²) in [6.07, 6.45) is -1.07. The van der Waals surface area contributed by atoms with Gasteiger partial charge in [-0.25, -0.2) is 9.18 Å². The lowest BCUT2D eigenvalue weighted by Gasteiger charge is -2.33. The highest BCUT2D eigenvalue weighted by Gasteiger charge is 2.44. The minimum atomic E-state index is -3.77. The van der Waals surface area contributed by atoms with E-state index in [1.165, 1.54) is 37.2 Å². The van der Waals surface area contributed by atoms with Crippen molar-refractivity contribution in [2.75, 3.05) is 20.7 Å². The molecular formula is C21H32FN3O5S. The Morgan fingerprint density at radius 1 is 1.42 bits per heavy atom. The fourth-order valence-corrected chi connectivity index (χ4v) is 5.10. The maximum atomic E-state index is 13.7. The largest absolute Gasteiger partial charge is 0.465 e. The van der Waals surface area contributed by atoms with Gasteiger partial charge >= 0.3 is 6.09 Å². The second kappa shape index (κ2) is 9.81. The molecule has 1 amide bonds. The van der Waals surface area contributed by atoms with Gasteiger partial charge in [-0.2, -0.15) is 17.4 Å². The van der Waals surface area contributed by atoms with Crippen molar-refractivity contribution in [2.24, 2.45) is 0 Å². The second-order valence-electron chi connectivity index (χ2n) is 8.32. The first-order chi connectivity index (χ1) is 15.3. The third kappa shape index (κ3) is 5.74. The number of carbonyl (C=O) groups is 1. The molecule has 0 radical (unpaired) electrons. The Hall–Kier alpha value is -1.75. The van der Waals surface area contributed by atoms with E-state index in [-0.39, 0.29) is 19.1 Å². The number of amides is 1. The molecule has 2 aliphatic rings. The van der Waals surface area contributed by atoms with Gasteiger partial charge in [0, 0.05) is 28.9 Å². The van der Waals surface area contributed by atoms with E-state index in [9.17, 15) is 22.7 Å². The third-order valence-electron chi connectivity index (χ3n) is 5.95. The first kappa shape index (κ1) is 21.1. The molecule has 1 heterocycles. The quantitative estimate of drug-likeness (QED) is 0.653. The zero-order chi connectivity index (χ0) is 24.6. The summed E-state index contributed by atoms with van der Waals surface area (Å²) in [6.45, 7) is 1.69. The van der Waals surface area contributed by atoms with Gasteiger partial charge < -0.3 is 9.84 Å². The van der Waals surface area contributed by atoms with Gasteiger partial charge in [0.2, 0.25) is 0 Å². The van der Waals surface area contributed by atoms with Crippen molar-refractivity contribution >= 4 is 16.3 Å². The van der Waals surface area contributed by atoms with Crippen LogP contribution in [-0.2, 0) is 14.9 Å². The van der Waals surface area contributed by atoms with Gasteiger partial charge in [0.1, 0.15) is 5.82 Å². The van der Waals surface area contributed by atoms with Crippen LogP contribution in [0.3, 0.4) is 0 Å². The molecule has 2 N–H and O–H groups in total. The molecule has 8 nitrogen and oxygen atoms in total. The van der Waals surface area contributed by atoms with Crippen molar-refractivity contribution in [1.29, 1.82) is 0 Å². The lowest BCUT2D eigenvalue weighted by molar-refractivity contribution is -0.00708. The molecule has 6 atom stereocenters. The molecule has 1 saturated carbocycles. The molecule has 1 saturated heterocycles. The monoisotopic (exact) mass is 459 g/mol. The number of rotatable bonds is 7. The lowest BCUT2D eigenvalue weighted by atomic mass is 9.82. The Kier molecular flexibility index (Phi) is 6.68. The molecule has 0 unspecified atom stereocenters. The van der Waals surface area contributed by atoms with E-state index in [0.29, 0.717) is 24.8 Å². The first-order valence-corrected chi connectivity index (χ1v) is 11.8. The van der Waals surface area contributed by atoms with Gasteiger partial charge in [-0.1, -0.05) is 12.1 Å². The van der Waals surface area contributed by atoms with Crippen LogP contribution >= 0.6 is 0 Å². The Morgan fingerprint density at radius 3 is 2.77 bits per heavy atom. The fraction of sp³-hybridized carbons (Fsp3) is 0.667. The number of hydrogen-bond acceptors (Lipinski definition) is 4. The van der Waals surface area contributed by atoms with Crippen molar-refractivity contribution in [3.63, 3.8) is 0 Å². The number of likely N-dealkylation sites (tertiary alicyclic amines) is 1. The summed E-state index contributed by atoms with van der Waals surface area (Å²) in [5.41, 5.74) is 0.459. The molecule has 10 heteroatoms. The van der Waals surface area contributed by atoms with Crippen LogP contribution in [0.1, 0.15) is 53.2 Å². The summed E-state index contributed by atoms with van der Waals surface area (Å²) in [5.74, 6) is -1.69. The standard InChI is InChI=1S/C21H32FN3O5S/c1-14-11-19(23-31(28,29)24(2)3)20(25(14)21(26)27)13-30-18-9-7-15(8-10-18)16-5-4-6-17(22)12-16/h4-6,12,14-15,18-20,23H,7-11,13H2,1-3H3,(H,26,27)/t14-,15-,18-,19+,20+/m1/s1/i7D,15D/t7-,14+,15+,18+,19-,20-/m0. The molecule has 1 aromatic carbocycles. The van der Waals surface area contributed by atoms with E-state index in [2.05, 4.69) is 4.72 Å². The summed E-state index contributed by atoms with van der Waals surface area (Å²) in [5, 5.41) is 9.67. The topological polar surface area (TPSA) is 99.2 Å². The van der Waals surface area contributed by atoms with E-state index in [1.807, 2.05) is 0 Å². The van der Waals surface area contributed by atoms with Gasteiger partial charge in [-0.3, -0.25) is 4.90 Å². The highest BCUT2D eigenvalue weighted by molar-refractivity contribution is 7.87. The second-order valence-corrected chi connectivity index (χ2v) is 10.2. The van der Waals surface area contributed by atoms with Crippen LogP contribution in [0.15, 0.2) is 24.3 Å². The number of nitrogens with one attached hydrogen (secondary N) is 1.